The van der Waals surface area contributed by atoms with Crippen LogP contribution in [0.4, 0.5) is 0 Å². The quantitative estimate of drug-likeness (QED) is 0.842. The molecule has 1 aliphatic heterocycles. The maximum atomic E-state index is 12.6. The number of β-amino-alcohol motifs (C(OH)–C–C–N with tert-alkyl or cyclic N) is 1. The van der Waals surface area contributed by atoms with Crippen molar-refractivity contribution in [1.82, 2.24) is 24.6 Å². The third-order valence-electron chi connectivity index (χ3n) is 4.61. The van der Waals surface area contributed by atoms with Crippen molar-refractivity contribution in [3.05, 3.63) is 48.0 Å². The topological polar surface area (TPSA) is 74.5 Å². The van der Waals surface area contributed by atoms with E-state index in [9.17, 15) is 9.90 Å². The average molecular weight is 343 g/mol. The van der Waals surface area contributed by atoms with Gasteiger partial charge in [-0.05, 0) is 24.1 Å². The molecular formula is C18H25N5O2. The zero-order valence-electron chi connectivity index (χ0n) is 14.6. The molecule has 0 saturated carbocycles. The minimum atomic E-state index is -0.278. The van der Waals surface area contributed by atoms with Crippen molar-refractivity contribution in [2.24, 2.45) is 0 Å². The van der Waals surface area contributed by atoms with Gasteiger partial charge in [0.1, 0.15) is 12.7 Å². The van der Waals surface area contributed by atoms with E-state index in [-0.39, 0.29) is 12.0 Å². The second-order valence-electron chi connectivity index (χ2n) is 6.44. The minimum absolute atomic E-state index is 0.0722. The van der Waals surface area contributed by atoms with E-state index in [1.165, 1.54) is 6.33 Å². The van der Waals surface area contributed by atoms with E-state index in [0.29, 0.717) is 31.7 Å². The van der Waals surface area contributed by atoms with Crippen LogP contribution in [0.5, 0.6) is 0 Å². The van der Waals surface area contributed by atoms with Gasteiger partial charge in [0.15, 0.2) is 0 Å². The van der Waals surface area contributed by atoms with Crippen molar-refractivity contribution in [2.75, 3.05) is 32.7 Å². The molecule has 0 radical (unpaired) electrons. The summed E-state index contributed by atoms with van der Waals surface area (Å²) in [4.78, 5) is 20.7. The number of carbonyl (C=O) groups is 1. The molecule has 0 aliphatic carbocycles. The largest absolute Gasteiger partial charge is 0.392 e. The second kappa shape index (κ2) is 8.22. The fourth-order valence-electron chi connectivity index (χ4n) is 3.00. The van der Waals surface area contributed by atoms with Gasteiger partial charge in [0, 0.05) is 38.3 Å². The predicted octanol–water partition coefficient (Wildman–Crippen LogP) is 0.855. The highest BCUT2D eigenvalue weighted by Gasteiger charge is 2.23. The van der Waals surface area contributed by atoms with Crippen LogP contribution in [0, 0.1) is 0 Å². The number of carbonyl (C=O) groups excluding carboxylic acids is 1. The summed E-state index contributed by atoms with van der Waals surface area (Å²) in [6, 6.07) is 7.68. The molecule has 1 amide bonds. The van der Waals surface area contributed by atoms with E-state index in [1.807, 2.05) is 36.1 Å². The highest BCUT2D eigenvalue weighted by Crippen LogP contribution is 2.12. The summed E-state index contributed by atoms with van der Waals surface area (Å²) in [7, 11) is 0. The van der Waals surface area contributed by atoms with Crippen molar-refractivity contribution in [3.8, 4) is 0 Å². The Kier molecular flexibility index (Phi) is 5.78. The molecule has 7 nitrogen and oxygen atoms in total. The maximum absolute atomic E-state index is 12.6. The second-order valence-corrected chi connectivity index (χ2v) is 6.44. The van der Waals surface area contributed by atoms with Crippen LogP contribution in [0.3, 0.4) is 0 Å². The van der Waals surface area contributed by atoms with Gasteiger partial charge in [0.25, 0.3) is 5.91 Å². The molecule has 2 aromatic rings. The fourth-order valence-corrected chi connectivity index (χ4v) is 3.00. The molecule has 2 heterocycles. The lowest BCUT2D eigenvalue weighted by atomic mass is 10.1. The molecule has 25 heavy (non-hydrogen) atoms. The zero-order chi connectivity index (χ0) is 17.6. The number of hydrogen-bond donors (Lipinski definition) is 1. The summed E-state index contributed by atoms with van der Waals surface area (Å²) in [6.45, 7) is 6.35. The van der Waals surface area contributed by atoms with E-state index in [4.69, 9.17) is 0 Å². The van der Waals surface area contributed by atoms with Crippen molar-refractivity contribution in [3.63, 3.8) is 0 Å². The van der Waals surface area contributed by atoms with Crippen molar-refractivity contribution in [2.45, 2.75) is 26.0 Å². The molecule has 0 bridgehead atoms. The van der Waals surface area contributed by atoms with Crippen LogP contribution in [0.1, 0.15) is 29.3 Å². The predicted molar refractivity (Wildman–Crippen MR) is 94.2 cm³/mol. The van der Waals surface area contributed by atoms with Crippen LogP contribution < -0.4 is 0 Å². The standard InChI is InChI=1S/C18H25N5O2/c1-2-17(24)12-21-7-9-22(10-8-21)18(25)16-5-3-15(4-6-16)11-23-14-19-13-20-23/h3-6,13-14,17,24H,2,7-12H2,1H3/t17-/m1/s1. The van der Waals surface area contributed by atoms with E-state index in [2.05, 4.69) is 15.0 Å². The molecule has 1 saturated heterocycles. The molecule has 1 aromatic carbocycles. The average Bonchev–Trinajstić information content (AvgIpc) is 3.15. The molecule has 1 fully saturated rings. The SMILES string of the molecule is CC[C@@H](O)CN1CCN(C(=O)c2ccc(Cn3cncn3)cc2)CC1. The first kappa shape index (κ1) is 17.6. The lowest BCUT2D eigenvalue weighted by Crippen LogP contribution is -2.50. The Labute approximate surface area is 147 Å². The van der Waals surface area contributed by atoms with Crippen molar-refractivity contribution >= 4 is 5.91 Å². The highest BCUT2D eigenvalue weighted by atomic mass is 16.3. The summed E-state index contributed by atoms with van der Waals surface area (Å²) in [5.41, 5.74) is 1.80. The molecule has 1 N–H and O–H groups in total. The van der Waals surface area contributed by atoms with Crippen LogP contribution >= 0.6 is 0 Å². The zero-order valence-corrected chi connectivity index (χ0v) is 14.6. The first-order valence-electron chi connectivity index (χ1n) is 8.76. The Morgan fingerprint density at radius 2 is 1.92 bits per heavy atom. The van der Waals surface area contributed by atoms with Gasteiger partial charge in [-0.1, -0.05) is 19.1 Å². The molecule has 3 rings (SSSR count). The number of piperazine rings is 1. The molecular weight excluding hydrogens is 318 g/mol. The van der Waals surface area contributed by atoms with Crippen LogP contribution in [-0.4, -0.2) is 74.4 Å². The first-order chi connectivity index (χ1) is 12.2. The Morgan fingerprint density at radius 3 is 2.52 bits per heavy atom. The summed E-state index contributed by atoms with van der Waals surface area (Å²) < 4.78 is 1.75. The molecule has 1 aliphatic rings. The summed E-state index contributed by atoms with van der Waals surface area (Å²) in [6.07, 6.45) is 3.67. The van der Waals surface area contributed by atoms with Crippen LogP contribution in [-0.2, 0) is 6.54 Å². The number of rotatable bonds is 6. The fraction of sp³-hybridized carbons (Fsp3) is 0.500. The lowest BCUT2D eigenvalue weighted by molar-refractivity contribution is 0.0524. The summed E-state index contributed by atoms with van der Waals surface area (Å²) in [5.74, 6) is 0.0722. The smallest absolute Gasteiger partial charge is 0.253 e. The lowest BCUT2D eigenvalue weighted by Gasteiger charge is -2.35. The van der Waals surface area contributed by atoms with Gasteiger partial charge in [0.2, 0.25) is 0 Å². The summed E-state index contributed by atoms with van der Waals surface area (Å²) >= 11 is 0. The van der Waals surface area contributed by atoms with E-state index >= 15 is 0 Å². The van der Waals surface area contributed by atoms with Crippen LogP contribution in [0.25, 0.3) is 0 Å². The molecule has 7 heteroatoms. The Balaban J connectivity index is 1.53. The van der Waals surface area contributed by atoms with Gasteiger partial charge >= 0.3 is 0 Å². The van der Waals surface area contributed by atoms with Crippen LogP contribution in [0.2, 0.25) is 0 Å². The normalized spacial score (nSPS) is 16.8. The number of aliphatic hydroxyl groups excluding tert-OH is 1. The third-order valence-corrected chi connectivity index (χ3v) is 4.61. The van der Waals surface area contributed by atoms with Crippen molar-refractivity contribution < 1.29 is 9.90 Å². The van der Waals surface area contributed by atoms with E-state index in [1.54, 1.807) is 11.0 Å². The first-order valence-corrected chi connectivity index (χ1v) is 8.76. The highest BCUT2D eigenvalue weighted by molar-refractivity contribution is 5.94. The monoisotopic (exact) mass is 343 g/mol. The van der Waals surface area contributed by atoms with Crippen LogP contribution in [0.15, 0.2) is 36.9 Å². The van der Waals surface area contributed by atoms with Gasteiger partial charge in [-0.25, -0.2) is 9.67 Å². The maximum Gasteiger partial charge on any atom is 0.253 e. The molecule has 1 aromatic heterocycles. The number of amides is 1. The van der Waals surface area contributed by atoms with Gasteiger partial charge in [0.05, 0.1) is 12.6 Å². The Bertz CT molecular complexity index is 663. The van der Waals surface area contributed by atoms with Gasteiger partial charge < -0.3 is 10.0 Å². The van der Waals surface area contributed by atoms with E-state index in [0.717, 1.165) is 25.1 Å². The number of benzene rings is 1. The molecule has 134 valence electrons. The third kappa shape index (κ3) is 4.64. The van der Waals surface area contributed by atoms with Gasteiger partial charge in [-0.3, -0.25) is 9.69 Å². The van der Waals surface area contributed by atoms with E-state index < -0.39 is 0 Å². The summed E-state index contributed by atoms with van der Waals surface area (Å²) in [5, 5.41) is 13.8. The Hall–Kier alpha value is -2.25. The number of aromatic nitrogens is 3. The molecule has 0 unspecified atom stereocenters. The Morgan fingerprint density at radius 1 is 1.20 bits per heavy atom. The van der Waals surface area contributed by atoms with Gasteiger partial charge in [-0.2, -0.15) is 5.10 Å². The molecule has 0 spiro atoms. The number of nitrogens with zero attached hydrogens (tertiary/aromatic N) is 5. The van der Waals surface area contributed by atoms with Crippen molar-refractivity contribution in [1.29, 1.82) is 0 Å². The molecule has 1 atom stereocenters. The van der Waals surface area contributed by atoms with Gasteiger partial charge in [-0.15, -0.1) is 0 Å². The minimum Gasteiger partial charge on any atom is -0.392 e. The number of hydrogen-bond acceptors (Lipinski definition) is 5. The number of aliphatic hydroxyl groups is 1.